The van der Waals surface area contributed by atoms with Crippen LogP contribution in [-0.4, -0.2) is 182 Å². The van der Waals surface area contributed by atoms with E-state index in [-0.39, 0.29) is 42.3 Å². The van der Waals surface area contributed by atoms with Gasteiger partial charge >= 0.3 is 0 Å². The van der Waals surface area contributed by atoms with E-state index in [2.05, 4.69) is 33.4 Å². The van der Waals surface area contributed by atoms with Crippen molar-refractivity contribution >= 4 is 44.6 Å². The van der Waals surface area contributed by atoms with Crippen LogP contribution in [0, 0.1) is 0 Å². The van der Waals surface area contributed by atoms with Crippen molar-refractivity contribution in [3.05, 3.63) is 71.8 Å². The molecule has 0 aromatic heterocycles. The Bertz CT molecular complexity index is 2020. The van der Waals surface area contributed by atoms with E-state index in [1.807, 2.05) is 64.7 Å². The third-order valence-electron chi connectivity index (χ3n) is 13.5. The summed E-state index contributed by atoms with van der Waals surface area (Å²) in [6, 6.07) is 16.3. The molecule has 4 N–H and O–H groups in total. The Morgan fingerprint density at radius 2 is 1.10 bits per heavy atom. The molecule has 0 saturated carbocycles. The molecule has 0 bridgehead atoms. The number of ether oxygens (including phenoxy) is 2. The third-order valence-corrected chi connectivity index (χ3v) is 15.8. The van der Waals surface area contributed by atoms with E-state index in [4.69, 9.17) is 9.47 Å². The molecular formula is C50H82N8O9S2. The van der Waals surface area contributed by atoms with Gasteiger partial charge in [0.15, 0.2) is 0 Å². The SMILES string of the molecule is CN[C@@H](C)C(=O)N[C@H](C(=O)N1CCC[C@H]1CN(CCc1ccccc1)S(C)=O)[C@@H](C)OCCCCCCO[C@H](C)[C@H](NC(=O)[C@H](C)NC)C(=O)N1CCC[C@H]1CN(CCc1ccccc1)S(C)(=O)=O. The highest BCUT2D eigenvalue weighted by Gasteiger charge is 2.40. The Kier molecular flexibility index (Phi) is 24.7. The first-order chi connectivity index (χ1) is 32.9. The van der Waals surface area contributed by atoms with E-state index in [1.165, 1.54) is 10.6 Å². The number of hydrogen-bond donors (Lipinski definition) is 4. The smallest absolute Gasteiger partial charge is 0.248 e. The van der Waals surface area contributed by atoms with Crippen molar-refractivity contribution in [2.45, 2.75) is 140 Å². The van der Waals surface area contributed by atoms with Gasteiger partial charge in [-0.2, -0.15) is 4.31 Å². The average molecular weight is 1000 g/mol. The summed E-state index contributed by atoms with van der Waals surface area (Å²) in [5.41, 5.74) is 2.18. The third kappa shape index (κ3) is 18.7. The molecule has 2 aliphatic rings. The number of nitrogens with zero attached hydrogens (tertiary/aromatic N) is 4. The monoisotopic (exact) mass is 1000 g/mol. The summed E-state index contributed by atoms with van der Waals surface area (Å²) in [6.07, 6.45) is 8.85. The van der Waals surface area contributed by atoms with E-state index in [0.717, 1.165) is 49.7 Å². The Balaban J connectivity index is 1.29. The van der Waals surface area contributed by atoms with Gasteiger partial charge in [0.25, 0.3) is 0 Å². The lowest BCUT2D eigenvalue weighted by Gasteiger charge is -2.34. The molecule has 2 aliphatic heterocycles. The van der Waals surface area contributed by atoms with E-state index in [9.17, 15) is 31.8 Å². The van der Waals surface area contributed by atoms with Gasteiger partial charge in [-0.25, -0.2) is 16.9 Å². The molecule has 17 nitrogen and oxygen atoms in total. The molecule has 0 radical (unpaired) electrons. The second-order valence-electron chi connectivity index (χ2n) is 18.6. The molecule has 19 heteroatoms. The van der Waals surface area contributed by atoms with Gasteiger partial charge in [-0.05, 0) is 104 Å². The number of hydrogen-bond acceptors (Lipinski definition) is 11. The zero-order chi connectivity index (χ0) is 50.5. The predicted octanol–water partition coefficient (Wildman–Crippen LogP) is 2.87. The largest absolute Gasteiger partial charge is 0.376 e. The maximum absolute atomic E-state index is 14.3. The molecular weight excluding hydrogens is 921 g/mol. The number of carbonyl (C=O) groups is 4. The van der Waals surface area contributed by atoms with Crippen LogP contribution < -0.4 is 21.3 Å². The lowest BCUT2D eigenvalue weighted by Crippen LogP contribution is -2.58. The van der Waals surface area contributed by atoms with Crippen LogP contribution in [0.25, 0.3) is 0 Å². The minimum absolute atomic E-state index is 0.151. The molecule has 2 aromatic carbocycles. The summed E-state index contributed by atoms with van der Waals surface area (Å²) in [5.74, 6) is -1.14. The number of unbranched alkanes of at least 4 members (excludes halogenated alkanes) is 3. The topological polar surface area (TPSA) is 199 Å². The Morgan fingerprint density at radius 3 is 1.51 bits per heavy atom. The number of likely N-dealkylation sites (tertiary alicyclic amines) is 2. The van der Waals surface area contributed by atoms with Crippen molar-refractivity contribution in [3.63, 3.8) is 0 Å². The molecule has 2 aromatic rings. The number of rotatable bonds is 31. The van der Waals surface area contributed by atoms with Gasteiger partial charge in [0.2, 0.25) is 33.7 Å². The molecule has 4 amide bonds. The van der Waals surface area contributed by atoms with Crippen LogP contribution in [0.2, 0.25) is 0 Å². The average Bonchev–Trinajstić information content (AvgIpc) is 4.02. The zero-order valence-corrected chi connectivity index (χ0v) is 44.0. The van der Waals surface area contributed by atoms with Gasteiger partial charge < -0.3 is 40.5 Å². The number of likely N-dealkylation sites (N-methyl/N-ethyl adjacent to an activating group) is 2. The zero-order valence-electron chi connectivity index (χ0n) is 42.4. The highest BCUT2D eigenvalue weighted by Crippen LogP contribution is 2.24. The highest BCUT2D eigenvalue weighted by molar-refractivity contribution is 7.88. The quantitative estimate of drug-likeness (QED) is 0.0811. The predicted molar refractivity (Wildman–Crippen MR) is 272 cm³/mol. The number of benzene rings is 2. The normalized spacial score (nSPS) is 19.5. The van der Waals surface area contributed by atoms with Crippen LogP contribution in [0.4, 0.5) is 0 Å². The van der Waals surface area contributed by atoms with Crippen LogP contribution >= 0.6 is 0 Å². The standard InChI is InChI=1S/C50H82N8O9S2/c1-37(51-5)47(59)53-45(49(61)57-29-19-25-43(57)35-55(68(7)63)31-27-41-21-13-11-14-22-41)39(3)66-33-17-9-10-18-34-67-40(4)46(54-48(60)38(2)52-6)50(62)58-30-20-26-44(58)36-56(69(8,64)65)32-28-42-23-15-12-16-24-42/h11-16,21-24,37-40,43-46,51-52H,9-10,17-20,25-36H2,1-8H3,(H,53,59)(H,54,60)/t37-,38-,39+,40+,43-,44-,45-,46-,68?/m0/s1. The molecule has 388 valence electrons. The fourth-order valence-electron chi connectivity index (χ4n) is 8.84. The molecule has 2 heterocycles. The van der Waals surface area contributed by atoms with Crippen molar-refractivity contribution in [2.24, 2.45) is 0 Å². The van der Waals surface area contributed by atoms with E-state index in [1.54, 1.807) is 46.0 Å². The second-order valence-corrected chi connectivity index (χ2v) is 22.0. The first kappa shape index (κ1) is 57.8. The summed E-state index contributed by atoms with van der Waals surface area (Å²) in [6.45, 7) is 10.3. The van der Waals surface area contributed by atoms with Crippen LogP contribution in [0.15, 0.2) is 60.7 Å². The van der Waals surface area contributed by atoms with Crippen LogP contribution in [0.5, 0.6) is 0 Å². The number of amides is 4. The maximum atomic E-state index is 14.3. The van der Waals surface area contributed by atoms with Gasteiger partial charge in [0, 0.05) is 70.8 Å². The summed E-state index contributed by atoms with van der Waals surface area (Å²) in [7, 11) is -1.43. The number of nitrogens with one attached hydrogen (secondary N) is 4. The summed E-state index contributed by atoms with van der Waals surface area (Å²) in [5, 5.41) is 11.8. The van der Waals surface area contributed by atoms with Gasteiger partial charge in [-0.1, -0.05) is 73.5 Å². The first-order valence-electron chi connectivity index (χ1n) is 24.9. The molecule has 69 heavy (non-hydrogen) atoms. The lowest BCUT2D eigenvalue weighted by atomic mass is 10.1. The number of sulfonamides is 1. The van der Waals surface area contributed by atoms with Gasteiger partial charge in [0.05, 0.1) is 41.5 Å². The molecule has 0 aliphatic carbocycles. The van der Waals surface area contributed by atoms with E-state index in [0.29, 0.717) is 71.6 Å². The van der Waals surface area contributed by atoms with Crippen molar-refractivity contribution in [1.29, 1.82) is 0 Å². The van der Waals surface area contributed by atoms with Gasteiger partial charge in [-0.3, -0.25) is 19.2 Å². The minimum atomic E-state index is -3.56. The Hall–Kier alpha value is -3.82. The fraction of sp³-hybridized carbons (Fsp3) is 0.680. The van der Waals surface area contributed by atoms with Crippen LogP contribution in [0.1, 0.15) is 90.2 Å². The van der Waals surface area contributed by atoms with Crippen LogP contribution in [0.3, 0.4) is 0 Å². The lowest BCUT2D eigenvalue weighted by molar-refractivity contribution is -0.142. The van der Waals surface area contributed by atoms with E-state index < -0.39 is 57.4 Å². The fourth-order valence-corrected chi connectivity index (χ4v) is 10.4. The highest BCUT2D eigenvalue weighted by atomic mass is 32.2. The second kappa shape index (κ2) is 29.5. The van der Waals surface area contributed by atoms with Crippen molar-refractivity contribution in [1.82, 2.24) is 39.7 Å². The molecule has 2 fully saturated rings. The summed E-state index contributed by atoms with van der Waals surface area (Å²) < 4.78 is 54.5. The molecule has 9 atom stereocenters. The molecule has 4 rings (SSSR count). The Morgan fingerprint density at radius 1 is 0.681 bits per heavy atom. The summed E-state index contributed by atoms with van der Waals surface area (Å²) >= 11 is 0. The number of carbonyl (C=O) groups excluding carboxylic acids is 4. The van der Waals surface area contributed by atoms with Gasteiger partial charge in [0.1, 0.15) is 12.1 Å². The minimum Gasteiger partial charge on any atom is -0.376 e. The van der Waals surface area contributed by atoms with E-state index >= 15 is 0 Å². The molecule has 0 spiro atoms. The maximum Gasteiger partial charge on any atom is 0.248 e. The molecule has 1 unspecified atom stereocenters. The Labute approximate surface area is 415 Å². The van der Waals surface area contributed by atoms with Gasteiger partial charge in [-0.15, -0.1) is 0 Å². The summed E-state index contributed by atoms with van der Waals surface area (Å²) in [4.78, 5) is 58.5. The molecule has 2 saturated heterocycles. The van der Waals surface area contributed by atoms with Crippen molar-refractivity contribution in [3.8, 4) is 0 Å². The van der Waals surface area contributed by atoms with Crippen molar-refractivity contribution < 1.29 is 41.3 Å². The first-order valence-corrected chi connectivity index (χ1v) is 28.2. The van der Waals surface area contributed by atoms with Crippen molar-refractivity contribution in [2.75, 3.05) is 79.1 Å². The van der Waals surface area contributed by atoms with Crippen LogP contribution in [-0.2, 0) is 62.5 Å².